The van der Waals surface area contributed by atoms with Crippen molar-refractivity contribution in [2.45, 2.75) is 31.4 Å². The van der Waals surface area contributed by atoms with Crippen LogP contribution in [0, 0.1) is 0 Å². The van der Waals surface area contributed by atoms with Crippen LogP contribution in [0.3, 0.4) is 0 Å². The minimum absolute atomic E-state index is 0.00418. The summed E-state index contributed by atoms with van der Waals surface area (Å²) in [5.74, 6) is -0.671. The average Bonchev–Trinajstić information content (AvgIpc) is 2.94. The Balaban J connectivity index is 1.89. The average molecular weight is 398 g/mol. The molecule has 0 aliphatic carbocycles. The monoisotopic (exact) mass is 398 g/mol. The molecule has 148 valence electrons. The van der Waals surface area contributed by atoms with Crippen LogP contribution in [0.4, 0.5) is 8.78 Å². The molecule has 2 aliphatic heterocycles. The lowest BCUT2D eigenvalue weighted by Gasteiger charge is -2.35. The first-order valence-electron chi connectivity index (χ1n) is 9.21. The van der Waals surface area contributed by atoms with E-state index < -0.39 is 36.2 Å². The van der Waals surface area contributed by atoms with Gasteiger partial charge in [0.15, 0.2) is 0 Å². The van der Waals surface area contributed by atoms with Gasteiger partial charge in [-0.25, -0.2) is 9.55 Å². The molecule has 1 aromatic carbocycles. The van der Waals surface area contributed by atoms with E-state index in [0.29, 0.717) is 15.5 Å². The number of aliphatic hydroxyl groups is 1. The number of cyclic esters (lactones) is 1. The minimum Gasteiger partial charge on any atom is -0.460 e. The molecular formula is C21H16F2N2O4. The van der Waals surface area contributed by atoms with Gasteiger partial charge < -0.3 is 9.84 Å². The van der Waals surface area contributed by atoms with Crippen molar-refractivity contribution in [1.82, 2.24) is 9.55 Å². The number of para-hydroxylation sites is 1. The highest BCUT2D eigenvalue weighted by molar-refractivity contribution is 5.88. The normalized spacial score (nSPS) is 21.4. The summed E-state index contributed by atoms with van der Waals surface area (Å²) in [6.07, 6.45) is 0.159. The number of aromatic nitrogens is 2. The summed E-state index contributed by atoms with van der Waals surface area (Å²) < 4.78 is 36.1. The first kappa shape index (κ1) is 17.9. The quantitative estimate of drug-likeness (QED) is 0.672. The molecule has 3 aromatic rings. The van der Waals surface area contributed by atoms with Crippen molar-refractivity contribution in [1.29, 1.82) is 0 Å². The molecule has 1 atom stereocenters. The molecule has 0 amide bonds. The number of carbonyl (C=O) groups is 1. The molecule has 1 unspecified atom stereocenters. The van der Waals surface area contributed by atoms with Crippen LogP contribution in [0.25, 0.3) is 22.3 Å². The Kier molecular flexibility index (Phi) is 3.52. The third kappa shape index (κ3) is 2.09. The van der Waals surface area contributed by atoms with E-state index >= 15 is 8.78 Å². The third-order valence-corrected chi connectivity index (χ3v) is 6.01. The maximum atomic E-state index is 15.3. The molecule has 2 aromatic heterocycles. The van der Waals surface area contributed by atoms with E-state index in [-0.39, 0.29) is 34.5 Å². The van der Waals surface area contributed by atoms with Crippen LogP contribution in [-0.4, -0.2) is 27.2 Å². The Hall–Kier alpha value is -3.13. The molecular weight excluding hydrogens is 382 g/mol. The number of aliphatic hydroxyl groups excluding tert-OH is 1. The van der Waals surface area contributed by atoms with E-state index in [0.717, 1.165) is 0 Å². The molecule has 1 N–H and O–H groups in total. The molecule has 0 radical (unpaired) electrons. The number of rotatable bonds is 2. The van der Waals surface area contributed by atoms with Crippen LogP contribution < -0.4 is 5.56 Å². The summed E-state index contributed by atoms with van der Waals surface area (Å²) in [5, 5.41) is 10.5. The van der Waals surface area contributed by atoms with Crippen LogP contribution in [0.2, 0.25) is 0 Å². The van der Waals surface area contributed by atoms with Crippen LogP contribution >= 0.6 is 0 Å². The standard InChI is InChI=1S/C21H16F2N2O4/c1-2-20(10-26)13-8-16-17-14(7-11-5-3-4-6-15(11)24-17)21(22,23)25(16)18(27)12(13)9-29-19(20)28/h3-8,26H,2,9-10H2,1H3. The van der Waals surface area contributed by atoms with Crippen LogP contribution in [-0.2, 0) is 27.6 Å². The van der Waals surface area contributed by atoms with E-state index in [1.165, 1.54) is 12.1 Å². The first-order valence-corrected chi connectivity index (χ1v) is 9.21. The second-order valence-electron chi connectivity index (χ2n) is 7.35. The second kappa shape index (κ2) is 5.70. The summed E-state index contributed by atoms with van der Waals surface area (Å²) >= 11 is 0. The molecule has 0 fully saturated rings. The SMILES string of the molecule is CCC1(CO)C(=O)OCc2c1cc1n(c2=O)C(F)(F)c2cc3ccccc3nc2-1. The number of esters is 1. The number of hydrogen-bond donors (Lipinski definition) is 1. The Morgan fingerprint density at radius 2 is 1.97 bits per heavy atom. The molecule has 8 heteroatoms. The number of carbonyl (C=O) groups excluding carboxylic acids is 1. The summed E-state index contributed by atoms with van der Waals surface area (Å²) in [7, 11) is 0. The zero-order chi connectivity index (χ0) is 20.6. The Labute approximate surface area is 163 Å². The smallest absolute Gasteiger partial charge is 0.361 e. The highest BCUT2D eigenvalue weighted by Gasteiger charge is 2.51. The number of ether oxygens (including phenoxy) is 1. The van der Waals surface area contributed by atoms with Gasteiger partial charge in [-0.05, 0) is 30.2 Å². The van der Waals surface area contributed by atoms with Crippen LogP contribution in [0.1, 0.15) is 30.0 Å². The number of pyridine rings is 2. The number of alkyl halides is 2. The molecule has 6 nitrogen and oxygen atoms in total. The van der Waals surface area contributed by atoms with Crippen LogP contribution in [0.15, 0.2) is 41.2 Å². The van der Waals surface area contributed by atoms with Gasteiger partial charge in [0.2, 0.25) is 0 Å². The fourth-order valence-corrected chi connectivity index (χ4v) is 4.31. The first-order chi connectivity index (χ1) is 13.8. The van der Waals surface area contributed by atoms with Crippen molar-refractivity contribution >= 4 is 16.9 Å². The molecule has 0 saturated heterocycles. The molecule has 0 bridgehead atoms. The maximum absolute atomic E-state index is 15.3. The van der Waals surface area contributed by atoms with Gasteiger partial charge in [-0.2, -0.15) is 8.78 Å². The maximum Gasteiger partial charge on any atom is 0.361 e. The van der Waals surface area contributed by atoms with Crippen LogP contribution in [0.5, 0.6) is 0 Å². The molecule has 29 heavy (non-hydrogen) atoms. The number of halogens is 2. The van der Waals surface area contributed by atoms with Crippen molar-refractivity contribution in [3.8, 4) is 11.4 Å². The molecule has 5 rings (SSSR count). The topological polar surface area (TPSA) is 81.4 Å². The fourth-order valence-electron chi connectivity index (χ4n) is 4.31. The largest absolute Gasteiger partial charge is 0.460 e. The molecule has 2 aliphatic rings. The van der Waals surface area contributed by atoms with E-state index in [1.54, 1.807) is 31.2 Å². The molecule has 4 heterocycles. The third-order valence-electron chi connectivity index (χ3n) is 6.01. The Bertz CT molecular complexity index is 1260. The summed E-state index contributed by atoms with van der Waals surface area (Å²) in [5.41, 5.74) is -2.14. The second-order valence-corrected chi connectivity index (χ2v) is 7.35. The number of nitrogens with zero attached hydrogens (tertiary/aromatic N) is 2. The van der Waals surface area contributed by atoms with Gasteiger partial charge in [-0.1, -0.05) is 25.1 Å². The van der Waals surface area contributed by atoms with Gasteiger partial charge in [0, 0.05) is 5.39 Å². The summed E-state index contributed by atoms with van der Waals surface area (Å²) in [4.78, 5) is 29.9. The number of fused-ring (bicyclic) bond motifs is 5. The van der Waals surface area contributed by atoms with Gasteiger partial charge >= 0.3 is 12.0 Å². The van der Waals surface area contributed by atoms with E-state index in [4.69, 9.17) is 4.74 Å². The van der Waals surface area contributed by atoms with E-state index in [1.807, 2.05) is 0 Å². The predicted octanol–water partition coefficient (Wildman–Crippen LogP) is 2.67. The number of hydrogen-bond acceptors (Lipinski definition) is 5. The lowest BCUT2D eigenvalue weighted by molar-refractivity contribution is -0.156. The highest BCUT2D eigenvalue weighted by atomic mass is 19.3. The van der Waals surface area contributed by atoms with Crippen molar-refractivity contribution in [2.75, 3.05) is 6.61 Å². The van der Waals surface area contributed by atoms with Crippen molar-refractivity contribution in [3.63, 3.8) is 0 Å². The minimum atomic E-state index is -3.59. The van der Waals surface area contributed by atoms with Crippen molar-refractivity contribution in [2.24, 2.45) is 0 Å². The molecule has 0 spiro atoms. The van der Waals surface area contributed by atoms with Crippen molar-refractivity contribution in [3.05, 3.63) is 63.4 Å². The van der Waals surface area contributed by atoms with Gasteiger partial charge in [0.1, 0.15) is 12.0 Å². The zero-order valence-electron chi connectivity index (χ0n) is 15.4. The Morgan fingerprint density at radius 1 is 1.21 bits per heavy atom. The van der Waals surface area contributed by atoms with Gasteiger partial charge in [-0.3, -0.25) is 9.59 Å². The Morgan fingerprint density at radius 3 is 2.69 bits per heavy atom. The lowest BCUT2D eigenvalue weighted by Crippen LogP contribution is -2.47. The number of benzene rings is 1. The van der Waals surface area contributed by atoms with Crippen molar-refractivity contribution < 1.29 is 23.4 Å². The predicted molar refractivity (Wildman–Crippen MR) is 99.6 cm³/mol. The lowest BCUT2D eigenvalue weighted by atomic mass is 9.75. The zero-order valence-corrected chi connectivity index (χ0v) is 15.4. The van der Waals surface area contributed by atoms with E-state index in [2.05, 4.69) is 4.98 Å². The summed E-state index contributed by atoms with van der Waals surface area (Å²) in [6, 6.07) is 5.98. The summed E-state index contributed by atoms with van der Waals surface area (Å²) in [6.45, 7) is 0.676. The fraction of sp³-hybridized carbons (Fsp3) is 0.286. The van der Waals surface area contributed by atoms with E-state index in [9.17, 15) is 14.7 Å². The van der Waals surface area contributed by atoms with Gasteiger partial charge in [-0.15, -0.1) is 0 Å². The van der Waals surface area contributed by atoms with Gasteiger partial charge in [0.05, 0.1) is 34.6 Å². The molecule has 0 saturated carbocycles. The van der Waals surface area contributed by atoms with Gasteiger partial charge in [0.25, 0.3) is 5.56 Å². The highest BCUT2D eigenvalue weighted by Crippen LogP contribution is 2.47.